The maximum absolute atomic E-state index is 13.7. The van der Waals surface area contributed by atoms with E-state index < -0.39 is 0 Å². The smallest absolute Gasteiger partial charge is 0.266 e. The molecule has 0 radical (unpaired) electrons. The van der Waals surface area contributed by atoms with E-state index in [1.807, 2.05) is 61.2 Å². The summed E-state index contributed by atoms with van der Waals surface area (Å²) in [6.45, 7) is 13.0. The third-order valence-corrected chi connectivity index (χ3v) is 6.02. The molecule has 0 aliphatic carbocycles. The zero-order valence-electron chi connectivity index (χ0n) is 20.2. The lowest BCUT2D eigenvalue weighted by molar-refractivity contribution is -0.134. The molecule has 1 atom stereocenters. The van der Waals surface area contributed by atoms with E-state index in [0.29, 0.717) is 35.6 Å². The highest BCUT2D eigenvalue weighted by atomic mass is 16.2. The molecule has 0 spiro atoms. The molecule has 0 saturated heterocycles. The molecule has 0 N–H and O–H groups in total. The molecule has 1 aromatic heterocycles. The molecule has 0 fully saturated rings. The maximum Gasteiger partial charge on any atom is 0.266 e. The van der Waals surface area contributed by atoms with E-state index in [1.54, 1.807) is 4.57 Å². The number of hydrogen-bond acceptors (Lipinski definition) is 3. The minimum Gasteiger partial charge on any atom is -0.333 e. The highest BCUT2D eigenvalue weighted by Crippen LogP contribution is 2.25. The van der Waals surface area contributed by atoms with Crippen molar-refractivity contribution in [2.45, 2.75) is 66.8 Å². The van der Waals surface area contributed by atoms with Crippen molar-refractivity contribution in [3.8, 4) is 5.69 Å². The molecule has 0 bridgehead atoms. The van der Waals surface area contributed by atoms with Gasteiger partial charge >= 0.3 is 0 Å². The molecule has 2 aromatic carbocycles. The predicted octanol–water partition coefficient (Wildman–Crippen LogP) is 5.74. The number of rotatable bonds is 8. The number of hydrogen-bond donors (Lipinski definition) is 0. The van der Waals surface area contributed by atoms with Gasteiger partial charge in [0.15, 0.2) is 0 Å². The maximum atomic E-state index is 13.7. The number of fused-ring (bicyclic) bond motifs is 1. The van der Waals surface area contributed by atoms with Crippen molar-refractivity contribution in [1.82, 2.24) is 14.5 Å². The van der Waals surface area contributed by atoms with E-state index in [1.165, 1.54) is 5.56 Å². The molecule has 0 aliphatic heterocycles. The SMILES string of the molecule is CCCCC(=O)N(CC(C)C)[C@H](C)c1nc2ccccc2c(=O)n1-c1ccc(C)c(C)c1. The van der Waals surface area contributed by atoms with E-state index in [0.717, 1.165) is 24.1 Å². The van der Waals surface area contributed by atoms with Crippen molar-refractivity contribution in [2.24, 2.45) is 5.92 Å². The Hall–Kier alpha value is -2.95. The van der Waals surface area contributed by atoms with Crippen molar-refractivity contribution in [3.63, 3.8) is 0 Å². The molecule has 1 amide bonds. The molecule has 3 aromatic rings. The Balaban J connectivity index is 2.23. The second kappa shape index (κ2) is 10.1. The number of unbranched alkanes of at least 4 members (excludes halogenated alkanes) is 1. The number of aromatic nitrogens is 2. The Kier molecular flexibility index (Phi) is 7.49. The molecule has 3 rings (SSSR count). The van der Waals surface area contributed by atoms with Gasteiger partial charge < -0.3 is 4.90 Å². The normalized spacial score (nSPS) is 12.3. The fourth-order valence-electron chi connectivity index (χ4n) is 4.02. The van der Waals surface area contributed by atoms with Gasteiger partial charge in [-0.05, 0) is 68.5 Å². The summed E-state index contributed by atoms with van der Waals surface area (Å²) in [5, 5.41) is 0.578. The van der Waals surface area contributed by atoms with Crippen LogP contribution in [-0.2, 0) is 4.79 Å². The fraction of sp³-hybridized carbons (Fsp3) is 0.444. The molecule has 0 unspecified atom stereocenters. The largest absolute Gasteiger partial charge is 0.333 e. The third-order valence-electron chi connectivity index (χ3n) is 6.02. The summed E-state index contributed by atoms with van der Waals surface area (Å²) in [6, 6.07) is 13.1. The number of benzene rings is 2. The van der Waals surface area contributed by atoms with E-state index in [4.69, 9.17) is 4.98 Å². The van der Waals surface area contributed by atoms with Crippen molar-refractivity contribution >= 4 is 16.8 Å². The molecular formula is C27H35N3O2. The molecule has 1 heterocycles. The molecule has 0 saturated carbocycles. The van der Waals surface area contributed by atoms with Gasteiger partial charge in [0.1, 0.15) is 5.82 Å². The minimum atomic E-state index is -0.333. The topological polar surface area (TPSA) is 55.2 Å². The molecule has 5 nitrogen and oxygen atoms in total. The summed E-state index contributed by atoms with van der Waals surface area (Å²) in [5.74, 6) is 1.02. The van der Waals surface area contributed by atoms with Crippen LogP contribution in [-0.4, -0.2) is 26.9 Å². The quantitative estimate of drug-likeness (QED) is 0.455. The summed E-state index contributed by atoms with van der Waals surface area (Å²) in [5.41, 5.74) is 3.61. The number of carbonyl (C=O) groups is 1. The van der Waals surface area contributed by atoms with Gasteiger partial charge in [0.05, 0.1) is 22.6 Å². The van der Waals surface area contributed by atoms with Crippen LogP contribution >= 0.6 is 0 Å². The van der Waals surface area contributed by atoms with Gasteiger partial charge in [-0.25, -0.2) is 4.98 Å². The Morgan fingerprint density at radius 1 is 1.06 bits per heavy atom. The van der Waals surface area contributed by atoms with Crippen molar-refractivity contribution in [3.05, 3.63) is 69.8 Å². The summed E-state index contributed by atoms with van der Waals surface area (Å²) in [7, 11) is 0. The van der Waals surface area contributed by atoms with Gasteiger partial charge in [-0.15, -0.1) is 0 Å². The fourth-order valence-corrected chi connectivity index (χ4v) is 4.02. The first-order chi connectivity index (χ1) is 15.2. The standard InChI is InChI=1S/C27H35N3O2/c1-7-8-13-25(31)29(17-18(2)3)21(6)26-28-24-12-10-9-11-23(24)27(32)30(26)22-15-14-19(4)20(5)16-22/h9-12,14-16,18,21H,7-8,13,17H2,1-6H3/t21-/m1/s1. The van der Waals surface area contributed by atoms with Crippen LogP contribution in [0.2, 0.25) is 0 Å². The minimum absolute atomic E-state index is 0.105. The second-order valence-electron chi connectivity index (χ2n) is 9.12. The molecule has 5 heteroatoms. The molecule has 32 heavy (non-hydrogen) atoms. The first-order valence-corrected chi connectivity index (χ1v) is 11.6. The van der Waals surface area contributed by atoms with Crippen molar-refractivity contribution < 1.29 is 4.79 Å². The number of amides is 1. The lowest BCUT2D eigenvalue weighted by Crippen LogP contribution is -2.39. The van der Waals surface area contributed by atoms with Crippen LogP contribution in [0, 0.1) is 19.8 Å². The third kappa shape index (κ3) is 4.93. The van der Waals surface area contributed by atoms with Crippen LogP contribution in [0.25, 0.3) is 16.6 Å². The van der Waals surface area contributed by atoms with Crippen molar-refractivity contribution in [1.29, 1.82) is 0 Å². The first kappa shape index (κ1) is 23.7. The summed E-state index contributed by atoms with van der Waals surface area (Å²) in [4.78, 5) is 33.6. The van der Waals surface area contributed by atoms with Crippen LogP contribution in [0.5, 0.6) is 0 Å². The molecular weight excluding hydrogens is 398 g/mol. The number of para-hydroxylation sites is 1. The molecule has 0 aliphatic rings. The molecule has 170 valence electrons. The van der Waals surface area contributed by atoms with Gasteiger partial charge in [0.2, 0.25) is 5.91 Å². The second-order valence-corrected chi connectivity index (χ2v) is 9.12. The van der Waals surface area contributed by atoms with Gasteiger partial charge in [0, 0.05) is 13.0 Å². The van der Waals surface area contributed by atoms with Crippen LogP contribution in [0.15, 0.2) is 47.3 Å². The Morgan fingerprint density at radius 3 is 2.44 bits per heavy atom. The van der Waals surface area contributed by atoms with Crippen LogP contribution in [0.3, 0.4) is 0 Å². The lowest BCUT2D eigenvalue weighted by Gasteiger charge is -2.32. The van der Waals surface area contributed by atoms with Gasteiger partial charge in [-0.3, -0.25) is 14.2 Å². The van der Waals surface area contributed by atoms with E-state index in [2.05, 4.69) is 27.7 Å². The number of nitrogens with zero attached hydrogens (tertiary/aromatic N) is 3. The highest BCUT2D eigenvalue weighted by molar-refractivity contribution is 5.79. The Morgan fingerprint density at radius 2 is 1.78 bits per heavy atom. The van der Waals surface area contributed by atoms with Crippen LogP contribution in [0.4, 0.5) is 0 Å². The van der Waals surface area contributed by atoms with Gasteiger partial charge in [-0.1, -0.05) is 45.4 Å². The zero-order valence-corrected chi connectivity index (χ0v) is 20.2. The predicted molar refractivity (Wildman–Crippen MR) is 131 cm³/mol. The first-order valence-electron chi connectivity index (χ1n) is 11.6. The highest BCUT2D eigenvalue weighted by Gasteiger charge is 2.27. The Labute approximate surface area is 191 Å². The average Bonchev–Trinajstić information content (AvgIpc) is 2.77. The lowest BCUT2D eigenvalue weighted by atomic mass is 10.1. The van der Waals surface area contributed by atoms with Crippen molar-refractivity contribution in [2.75, 3.05) is 6.54 Å². The van der Waals surface area contributed by atoms with Crippen LogP contribution in [0.1, 0.15) is 70.0 Å². The van der Waals surface area contributed by atoms with Gasteiger partial charge in [0.25, 0.3) is 5.56 Å². The summed E-state index contributed by atoms with van der Waals surface area (Å²) >= 11 is 0. The Bertz CT molecular complexity index is 1160. The summed E-state index contributed by atoms with van der Waals surface area (Å²) in [6.07, 6.45) is 2.33. The monoisotopic (exact) mass is 433 g/mol. The van der Waals surface area contributed by atoms with E-state index in [9.17, 15) is 9.59 Å². The zero-order chi connectivity index (χ0) is 23.4. The van der Waals surface area contributed by atoms with E-state index in [-0.39, 0.29) is 17.5 Å². The number of carbonyl (C=O) groups excluding carboxylic acids is 1. The van der Waals surface area contributed by atoms with E-state index >= 15 is 0 Å². The summed E-state index contributed by atoms with van der Waals surface area (Å²) < 4.78 is 1.69. The van der Waals surface area contributed by atoms with Gasteiger partial charge in [-0.2, -0.15) is 0 Å². The number of aryl methyl sites for hydroxylation is 2. The van der Waals surface area contributed by atoms with Crippen LogP contribution < -0.4 is 5.56 Å². The average molecular weight is 434 g/mol.